The molecule has 0 aromatic carbocycles. The van der Waals surface area contributed by atoms with Gasteiger partial charge in [0.2, 0.25) is 0 Å². The van der Waals surface area contributed by atoms with Gasteiger partial charge >= 0.3 is 11.7 Å². The minimum Gasteiger partial charge on any atom is -0.481 e. The standard InChI is InChI=1S/C19H27N3O3/c1-19(2,3)11-22-15-10-9-14(20-16(15)21(4)18(22)25)12-5-7-13(8-6-12)17(23)24/h9-10,12-13H,5-8,11H2,1-4H3,(H,23,24). The minimum absolute atomic E-state index is 0.00595. The van der Waals surface area contributed by atoms with Crippen molar-refractivity contribution in [3.8, 4) is 0 Å². The molecule has 0 spiro atoms. The van der Waals surface area contributed by atoms with Crippen molar-refractivity contribution in [2.24, 2.45) is 18.4 Å². The summed E-state index contributed by atoms with van der Waals surface area (Å²) in [5.41, 5.74) is 2.52. The number of aliphatic carboxylic acids is 1. The Hall–Kier alpha value is -2.11. The number of aromatic nitrogens is 3. The first-order chi connectivity index (χ1) is 11.7. The second-order valence-corrected chi connectivity index (χ2v) is 8.45. The Morgan fingerprint density at radius 1 is 1.24 bits per heavy atom. The van der Waals surface area contributed by atoms with Crippen molar-refractivity contribution in [1.82, 2.24) is 14.1 Å². The van der Waals surface area contributed by atoms with Gasteiger partial charge in [-0.3, -0.25) is 13.9 Å². The number of aryl methyl sites for hydroxylation is 1. The molecule has 2 aromatic heterocycles. The van der Waals surface area contributed by atoms with Crippen LogP contribution in [0.25, 0.3) is 11.2 Å². The van der Waals surface area contributed by atoms with Crippen LogP contribution in [0.2, 0.25) is 0 Å². The summed E-state index contributed by atoms with van der Waals surface area (Å²) in [4.78, 5) is 28.5. The predicted molar refractivity (Wildman–Crippen MR) is 96.8 cm³/mol. The summed E-state index contributed by atoms with van der Waals surface area (Å²) in [5, 5.41) is 9.14. The fraction of sp³-hybridized carbons (Fsp3) is 0.632. The average molecular weight is 345 g/mol. The van der Waals surface area contributed by atoms with Gasteiger partial charge in [-0.2, -0.15) is 0 Å². The van der Waals surface area contributed by atoms with Crippen molar-refractivity contribution in [1.29, 1.82) is 0 Å². The van der Waals surface area contributed by atoms with E-state index >= 15 is 0 Å². The fourth-order valence-electron chi connectivity index (χ4n) is 3.78. The Bertz CT molecular complexity index is 849. The molecular formula is C19H27N3O3. The van der Waals surface area contributed by atoms with E-state index in [0.717, 1.165) is 24.1 Å². The maximum atomic E-state index is 12.6. The zero-order chi connectivity index (χ0) is 18.4. The van der Waals surface area contributed by atoms with Gasteiger partial charge in [-0.05, 0) is 43.2 Å². The number of pyridine rings is 1. The molecule has 0 unspecified atom stereocenters. The van der Waals surface area contributed by atoms with Gasteiger partial charge in [0.15, 0.2) is 5.65 Å². The Morgan fingerprint density at radius 2 is 1.88 bits per heavy atom. The molecule has 0 saturated heterocycles. The molecule has 1 fully saturated rings. The van der Waals surface area contributed by atoms with E-state index in [-0.39, 0.29) is 22.9 Å². The number of hydrogen-bond acceptors (Lipinski definition) is 3. The molecule has 0 amide bonds. The van der Waals surface area contributed by atoms with Gasteiger partial charge in [-0.25, -0.2) is 9.78 Å². The largest absolute Gasteiger partial charge is 0.481 e. The van der Waals surface area contributed by atoms with Crippen molar-refractivity contribution in [2.75, 3.05) is 0 Å². The maximum Gasteiger partial charge on any atom is 0.330 e. The van der Waals surface area contributed by atoms with Crippen LogP contribution in [0.3, 0.4) is 0 Å². The molecule has 0 radical (unpaired) electrons. The van der Waals surface area contributed by atoms with E-state index in [4.69, 9.17) is 10.1 Å². The highest BCUT2D eigenvalue weighted by molar-refractivity contribution is 5.72. The number of imidazole rings is 1. The van der Waals surface area contributed by atoms with Gasteiger partial charge in [0.1, 0.15) is 0 Å². The van der Waals surface area contributed by atoms with E-state index in [9.17, 15) is 9.59 Å². The molecule has 0 aliphatic heterocycles. The Morgan fingerprint density at radius 3 is 2.44 bits per heavy atom. The van der Waals surface area contributed by atoms with Crippen LogP contribution in [0.15, 0.2) is 16.9 Å². The van der Waals surface area contributed by atoms with Gasteiger partial charge in [0.25, 0.3) is 0 Å². The molecule has 136 valence electrons. The number of fused-ring (bicyclic) bond motifs is 1. The second kappa shape index (κ2) is 6.32. The highest BCUT2D eigenvalue weighted by Crippen LogP contribution is 2.35. The van der Waals surface area contributed by atoms with E-state index in [2.05, 4.69) is 20.8 Å². The third-order valence-electron chi connectivity index (χ3n) is 5.13. The van der Waals surface area contributed by atoms with Crippen LogP contribution in [-0.2, 0) is 18.4 Å². The normalized spacial score (nSPS) is 21.6. The van der Waals surface area contributed by atoms with Crippen molar-refractivity contribution in [2.45, 2.75) is 58.9 Å². The lowest BCUT2D eigenvalue weighted by Crippen LogP contribution is -2.27. The van der Waals surface area contributed by atoms with Crippen molar-refractivity contribution < 1.29 is 9.90 Å². The summed E-state index contributed by atoms with van der Waals surface area (Å²) in [7, 11) is 1.77. The molecule has 3 rings (SSSR count). The van der Waals surface area contributed by atoms with Crippen LogP contribution in [-0.4, -0.2) is 25.2 Å². The number of carboxylic acid groups (broad SMARTS) is 1. The lowest BCUT2D eigenvalue weighted by molar-refractivity contribution is -0.142. The van der Waals surface area contributed by atoms with Crippen LogP contribution in [0.1, 0.15) is 58.1 Å². The van der Waals surface area contributed by atoms with Crippen LogP contribution in [0, 0.1) is 11.3 Å². The summed E-state index contributed by atoms with van der Waals surface area (Å²) in [6, 6.07) is 4.00. The van der Waals surface area contributed by atoms with Crippen molar-refractivity contribution in [3.63, 3.8) is 0 Å². The van der Waals surface area contributed by atoms with Crippen molar-refractivity contribution >= 4 is 17.1 Å². The molecule has 1 saturated carbocycles. The summed E-state index contributed by atoms with van der Waals surface area (Å²) in [6.45, 7) is 6.98. The Kier molecular flexibility index (Phi) is 4.47. The maximum absolute atomic E-state index is 12.6. The van der Waals surface area contributed by atoms with Crippen LogP contribution in [0.4, 0.5) is 0 Å². The van der Waals surface area contributed by atoms with Gasteiger partial charge in [-0.15, -0.1) is 0 Å². The predicted octanol–water partition coefficient (Wildman–Crippen LogP) is 3.14. The second-order valence-electron chi connectivity index (χ2n) is 8.45. The molecule has 1 aliphatic carbocycles. The Labute approximate surface area is 147 Å². The molecule has 1 N–H and O–H groups in total. The first kappa shape index (κ1) is 17.7. The summed E-state index contributed by atoms with van der Waals surface area (Å²) in [5.74, 6) is -0.637. The number of nitrogens with zero attached hydrogens (tertiary/aromatic N) is 3. The lowest BCUT2D eigenvalue weighted by atomic mass is 9.80. The Balaban J connectivity index is 1.92. The van der Waals surface area contributed by atoms with Crippen LogP contribution >= 0.6 is 0 Å². The number of rotatable bonds is 3. The fourth-order valence-corrected chi connectivity index (χ4v) is 3.78. The average Bonchev–Trinajstić information content (AvgIpc) is 2.78. The van der Waals surface area contributed by atoms with Gasteiger partial charge in [0.05, 0.1) is 11.4 Å². The first-order valence-corrected chi connectivity index (χ1v) is 8.96. The van der Waals surface area contributed by atoms with Gasteiger partial charge in [0, 0.05) is 25.2 Å². The molecule has 2 heterocycles. The van der Waals surface area contributed by atoms with Crippen LogP contribution < -0.4 is 5.69 Å². The van der Waals surface area contributed by atoms with E-state index < -0.39 is 5.97 Å². The SMILES string of the molecule is Cn1c(=O)n(CC(C)(C)C)c2ccc(C3CCC(C(=O)O)CC3)nc21. The zero-order valence-electron chi connectivity index (χ0n) is 15.5. The third kappa shape index (κ3) is 3.48. The van der Waals surface area contributed by atoms with Crippen molar-refractivity contribution in [3.05, 3.63) is 28.3 Å². The highest BCUT2D eigenvalue weighted by Gasteiger charge is 2.28. The summed E-state index contributed by atoms with van der Waals surface area (Å²) in [6.07, 6.45) is 3.08. The molecule has 0 atom stereocenters. The van der Waals surface area contributed by atoms with E-state index in [1.807, 2.05) is 12.1 Å². The number of carbonyl (C=O) groups is 1. The highest BCUT2D eigenvalue weighted by atomic mass is 16.4. The molecule has 6 heteroatoms. The number of hydrogen-bond donors (Lipinski definition) is 1. The molecular weight excluding hydrogens is 318 g/mol. The smallest absolute Gasteiger partial charge is 0.330 e. The molecule has 25 heavy (non-hydrogen) atoms. The summed E-state index contributed by atoms with van der Waals surface area (Å²) >= 11 is 0. The molecule has 6 nitrogen and oxygen atoms in total. The summed E-state index contributed by atoms with van der Waals surface area (Å²) < 4.78 is 3.42. The van der Waals surface area contributed by atoms with Gasteiger partial charge in [-0.1, -0.05) is 20.8 Å². The monoisotopic (exact) mass is 345 g/mol. The third-order valence-corrected chi connectivity index (χ3v) is 5.13. The molecule has 2 aromatic rings. The van der Waals surface area contributed by atoms with E-state index in [0.29, 0.717) is 25.0 Å². The molecule has 0 bridgehead atoms. The first-order valence-electron chi connectivity index (χ1n) is 8.96. The van der Waals surface area contributed by atoms with Gasteiger partial charge < -0.3 is 5.11 Å². The topological polar surface area (TPSA) is 77.1 Å². The lowest BCUT2D eigenvalue weighted by Gasteiger charge is -2.25. The quantitative estimate of drug-likeness (QED) is 0.927. The van der Waals surface area contributed by atoms with Crippen LogP contribution in [0.5, 0.6) is 0 Å². The van der Waals surface area contributed by atoms with E-state index in [1.165, 1.54) is 0 Å². The zero-order valence-corrected chi connectivity index (χ0v) is 15.5. The van der Waals surface area contributed by atoms with E-state index in [1.54, 1.807) is 16.2 Å². The number of carboxylic acids is 1. The minimum atomic E-state index is -0.691. The molecule has 1 aliphatic rings.